The van der Waals surface area contributed by atoms with Crippen molar-refractivity contribution in [1.82, 2.24) is 10.6 Å². The maximum Gasteiger partial charge on any atom is 0.407 e. The summed E-state index contributed by atoms with van der Waals surface area (Å²) in [7, 11) is 0. The van der Waals surface area contributed by atoms with Gasteiger partial charge in [-0.1, -0.05) is 38.5 Å². The lowest BCUT2D eigenvalue weighted by molar-refractivity contribution is -0.139. The molecule has 4 saturated carbocycles. The number of carbonyl (C=O) groups excluding carboxylic acids is 1. The minimum atomic E-state index is -0.984. The quantitative estimate of drug-likeness (QED) is 0.545. The van der Waals surface area contributed by atoms with Crippen molar-refractivity contribution in [3.63, 3.8) is 0 Å². The molecule has 6 heteroatoms. The fraction of sp³-hybridized carbons (Fsp3) is 0.846. The second-order valence-corrected chi connectivity index (χ2v) is 11.1. The Morgan fingerprint density at radius 3 is 2.19 bits per heavy atom. The number of alkyl carbamates (subject to hydrolysis) is 1. The monoisotopic (exact) mass is 444 g/mol. The minimum absolute atomic E-state index is 0.359. The molecule has 1 heterocycles. The standard InChI is InChI=1S/C26H40N2O4/c29-25(30)24(13-16-14-27-23-12-6-5-7-17(16)23)28-26(31)32-15-22-20-10-3-1-8-18(20)19-9-2-4-11-21(19)22/h14,17-24,27H,1-13,15H2,(H,28,31)(H,29,30). The maximum atomic E-state index is 12.7. The van der Waals surface area contributed by atoms with Gasteiger partial charge in [0.25, 0.3) is 0 Å². The van der Waals surface area contributed by atoms with Crippen LogP contribution in [0, 0.1) is 35.5 Å². The summed E-state index contributed by atoms with van der Waals surface area (Å²) >= 11 is 0. The number of amides is 1. The van der Waals surface area contributed by atoms with Crippen LogP contribution in [0.3, 0.4) is 0 Å². The zero-order valence-corrected chi connectivity index (χ0v) is 19.3. The zero-order chi connectivity index (χ0) is 22.1. The van der Waals surface area contributed by atoms with Crippen molar-refractivity contribution in [3.8, 4) is 0 Å². The molecule has 7 unspecified atom stereocenters. The van der Waals surface area contributed by atoms with Crippen LogP contribution in [-0.4, -0.2) is 35.9 Å². The van der Waals surface area contributed by atoms with Gasteiger partial charge in [-0.05, 0) is 79.9 Å². The van der Waals surface area contributed by atoms with E-state index in [1.54, 1.807) is 0 Å². The molecule has 3 N–H and O–H groups in total. The Morgan fingerprint density at radius 2 is 1.53 bits per heavy atom. The number of carbonyl (C=O) groups is 2. The van der Waals surface area contributed by atoms with Crippen molar-refractivity contribution < 1.29 is 19.4 Å². The van der Waals surface area contributed by atoms with E-state index in [0.717, 1.165) is 30.3 Å². The van der Waals surface area contributed by atoms with E-state index in [0.29, 0.717) is 42.7 Å². The average molecular weight is 445 g/mol. The fourth-order valence-corrected chi connectivity index (χ4v) is 8.16. The maximum absolute atomic E-state index is 12.7. The molecule has 4 aliphatic carbocycles. The molecule has 0 aromatic carbocycles. The molecule has 4 fully saturated rings. The fourth-order valence-electron chi connectivity index (χ4n) is 8.16. The van der Waals surface area contributed by atoms with E-state index in [1.165, 1.54) is 64.2 Å². The smallest absolute Gasteiger partial charge is 0.407 e. The summed E-state index contributed by atoms with van der Waals surface area (Å²) in [6.07, 6.45) is 17.0. The summed E-state index contributed by atoms with van der Waals surface area (Å²) in [6.45, 7) is 0.454. The van der Waals surface area contributed by atoms with Crippen LogP contribution in [0.2, 0.25) is 0 Å². The van der Waals surface area contributed by atoms with E-state index < -0.39 is 18.1 Å². The average Bonchev–Trinajstić information content (AvgIpc) is 3.36. The molecule has 0 aromatic heterocycles. The Hall–Kier alpha value is -1.72. The van der Waals surface area contributed by atoms with Gasteiger partial charge in [-0.2, -0.15) is 0 Å². The van der Waals surface area contributed by atoms with Crippen LogP contribution >= 0.6 is 0 Å². The van der Waals surface area contributed by atoms with Gasteiger partial charge in [-0.3, -0.25) is 0 Å². The Morgan fingerprint density at radius 1 is 0.938 bits per heavy atom. The number of carboxylic acids is 1. The highest BCUT2D eigenvalue weighted by atomic mass is 16.5. The summed E-state index contributed by atoms with van der Waals surface area (Å²) in [5, 5.41) is 15.8. The lowest BCUT2D eigenvalue weighted by atomic mass is 9.73. The third kappa shape index (κ3) is 4.38. The van der Waals surface area contributed by atoms with Gasteiger partial charge in [0, 0.05) is 18.4 Å². The molecular weight excluding hydrogens is 404 g/mol. The highest BCUT2D eigenvalue weighted by Crippen LogP contribution is 2.57. The summed E-state index contributed by atoms with van der Waals surface area (Å²) < 4.78 is 5.73. The molecule has 178 valence electrons. The number of hydrogen-bond donors (Lipinski definition) is 3. The molecule has 6 nitrogen and oxygen atoms in total. The molecule has 5 rings (SSSR count). The number of hydrogen-bond acceptors (Lipinski definition) is 4. The van der Waals surface area contributed by atoms with Crippen LogP contribution in [0.25, 0.3) is 0 Å². The molecule has 32 heavy (non-hydrogen) atoms. The second kappa shape index (κ2) is 9.64. The molecular formula is C26H40N2O4. The largest absolute Gasteiger partial charge is 0.480 e. The summed E-state index contributed by atoms with van der Waals surface area (Å²) in [5.74, 6) is 2.92. The van der Waals surface area contributed by atoms with Crippen molar-refractivity contribution >= 4 is 12.1 Å². The van der Waals surface area contributed by atoms with Crippen LogP contribution in [0.15, 0.2) is 11.8 Å². The number of nitrogens with one attached hydrogen (secondary N) is 2. The lowest BCUT2D eigenvalue weighted by Gasteiger charge is -2.32. The van der Waals surface area contributed by atoms with E-state index >= 15 is 0 Å². The zero-order valence-electron chi connectivity index (χ0n) is 19.3. The van der Waals surface area contributed by atoms with Crippen molar-refractivity contribution in [2.75, 3.05) is 6.61 Å². The Bertz CT molecular complexity index is 715. The first-order chi connectivity index (χ1) is 15.6. The molecule has 0 radical (unpaired) electrons. The van der Waals surface area contributed by atoms with Crippen molar-refractivity contribution in [2.45, 2.75) is 95.6 Å². The first kappa shape index (κ1) is 22.1. The van der Waals surface area contributed by atoms with Crippen LogP contribution in [-0.2, 0) is 9.53 Å². The Balaban J connectivity index is 1.17. The molecule has 0 spiro atoms. The van der Waals surface area contributed by atoms with Gasteiger partial charge in [-0.25, -0.2) is 9.59 Å². The lowest BCUT2D eigenvalue weighted by Crippen LogP contribution is -2.42. The molecule has 5 aliphatic rings. The van der Waals surface area contributed by atoms with Gasteiger partial charge in [-0.15, -0.1) is 0 Å². The van der Waals surface area contributed by atoms with Gasteiger partial charge in [0.1, 0.15) is 6.04 Å². The Kier molecular flexibility index (Phi) is 6.66. The van der Waals surface area contributed by atoms with Crippen molar-refractivity contribution in [2.24, 2.45) is 35.5 Å². The van der Waals surface area contributed by atoms with Crippen LogP contribution in [0.4, 0.5) is 4.79 Å². The summed E-state index contributed by atoms with van der Waals surface area (Å²) in [4.78, 5) is 24.6. The van der Waals surface area contributed by atoms with Gasteiger partial charge in [0.15, 0.2) is 0 Å². The summed E-state index contributed by atoms with van der Waals surface area (Å²) in [6, 6.07) is -0.487. The Labute approximate surface area is 191 Å². The third-order valence-corrected chi connectivity index (χ3v) is 9.56. The van der Waals surface area contributed by atoms with Crippen molar-refractivity contribution in [3.05, 3.63) is 11.8 Å². The first-order valence-electron chi connectivity index (χ1n) is 13.2. The van der Waals surface area contributed by atoms with Crippen LogP contribution < -0.4 is 10.6 Å². The van der Waals surface area contributed by atoms with E-state index in [4.69, 9.17) is 4.74 Å². The number of ether oxygens (including phenoxy) is 1. The van der Waals surface area contributed by atoms with Gasteiger partial charge in [0.2, 0.25) is 0 Å². The molecule has 1 aliphatic heterocycles. The second-order valence-electron chi connectivity index (χ2n) is 11.1. The number of aliphatic carboxylic acids is 1. The van der Waals surface area contributed by atoms with E-state index in [1.807, 2.05) is 6.20 Å². The topological polar surface area (TPSA) is 87.7 Å². The molecule has 7 atom stereocenters. The van der Waals surface area contributed by atoms with Crippen LogP contribution in [0.5, 0.6) is 0 Å². The van der Waals surface area contributed by atoms with E-state index in [9.17, 15) is 14.7 Å². The number of fused-ring (bicyclic) bond motifs is 4. The molecule has 0 aromatic rings. The molecule has 0 saturated heterocycles. The van der Waals surface area contributed by atoms with E-state index in [-0.39, 0.29) is 0 Å². The minimum Gasteiger partial charge on any atom is -0.480 e. The van der Waals surface area contributed by atoms with Gasteiger partial charge in [0.05, 0.1) is 6.61 Å². The third-order valence-electron chi connectivity index (χ3n) is 9.56. The highest BCUT2D eigenvalue weighted by molar-refractivity contribution is 5.80. The number of carboxylic acid groups (broad SMARTS) is 1. The first-order valence-corrected chi connectivity index (χ1v) is 13.2. The summed E-state index contributed by atoms with van der Waals surface area (Å²) in [5.41, 5.74) is 1.13. The predicted octanol–water partition coefficient (Wildman–Crippen LogP) is 4.84. The molecule has 1 amide bonds. The number of rotatable bonds is 6. The van der Waals surface area contributed by atoms with Crippen LogP contribution in [0.1, 0.15) is 83.5 Å². The van der Waals surface area contributed by atoms with Gasteiger partial charge < -0.3 is 20.5 Å². The van der Waals surface area contributed by atoms with E-state index in [2.05, 4.69) is 10.6 Å². The predicted molar refractivity (Wildman–Crippen MR) is 122 cm³/mol. The SMILES string of the molecule is O=C(NC(CC1=CNC2CCCCC12)C(=O)O)OCC1C2CCCCC2C2CCCCC21. The van der Waals surface area contributed by atoms with Crippen molar-refractivity contribution in [1.29, 1.82) is 0 Å². The van der Waals surface area contributed by atoms with Gasteiger partial charge >= 0.3 is 12.1 Å². The normalized spacial score (nSPS) is 39.0. The highest BCUT2D eigenvalue weighted by Gasteiger charge is 2.51. The molecule has 0 bridgehead atoms.